The molecule has 0 saturated heterocycles. The van der Waals surface area contributed by atoms with Crippen molar-refractivity contribution in [2.45, 2.75) is 0 Å². The standard InChI is InChI=1S/C10H8ClN3O2/c11-7-4-2-1-3-6(7)9-5-8(14-16-9)10(15)13-12/h1-5H,12H2,(H,13,15). The Morgan fingerprint density at radius 2 is 2.19 bits per heavy atom. The molecule has 0 radical (unpaired) electrons. The Morgan fingerprint density at radius 3 is 2.88 bits per heavy atom. The highest BCUT2D eigenvalue weighted by molar-refractivity contribution is 6.33. The molecule has 2 rings (SSSR count). The summed E-state index contributed by atoms with van der Waals surface area (Å²) in [6.45, 7) is 0. The summed E-state index contributed by atoms with van der Waals surface area (Å²) in [6.07, 6.45) is 0. The second-order valence-electron chi connectivity index (χ2n) is 3.03. The molecule has 82 valence electrons. The predicted octanol–water partition coefficient (Wildman–Crippen LogP) is 1.60. The molecule has 1 amide bonds. The number of carbonyl (C=O) groups excluding carboxylic acids is 1. The summed E-state index contributed by atoms with van der Waals surface area (Å²) < 4.78 is 5.00. The minimum Gasteiger partial charge on any atom is -0.355 e. The van der Waals surface area contributed by atoms with E-state index < -0.39 is 5.91 Å². The van der Waals surface area contributed by atoms with Gasteiger partial charge in [0.05, 0.1) is 5.02 Å². The molecular formula is C10H8ClN3O2. The van der Waals surface area contributed by atoms with Crippen LogP contribution in [0, 0.1) is 0 Å². The number of nitrogen functional groups attached to an aromatic ring is 1. The highest BCUT2D eigenvalue weighted by Gasteiger charge is 2.13. The van der Waals surface area contributed by atoms with Crippen LogP contribution >= 0.6 is 11.6 Å². The van der Waals surface area contributed by atoms with Crippen LogP contribution in [-0.4, -0.2) is 11.1 Å². The van der Waals surface area contributed by atoms with Crippen molar-refractivity contribution in [2.24, 2.45) is 5.84 Å². The van der Waals surface area contributed by atoms with Crippen LogP contribution in [0.25, 0.3) is 11.3 Å². The molecule has 0 aliphatic heterocycles. The molecule has 2 aromatic rings. The molecule has 1 aromatic carbocycles. The van der Waals surface area contributed by atoms with Crippen molar-refractivity contribution in [2.75, 3.05) is 0 Å². The average Bonchev–Trinajstić information content (AvgIpc) is 2.78. The maximum atomic E-state index is 11.2. The molecule has 16 heavy (non-hydrogen) atoms. The SMILES string of the molecule is NNC(=O)c1cc(-c2ccccc2Cl)on1. The number of nitrogens with zero attached hydrogens (tertiary/aromatic N) is 1. The Morgan fingerprint density at radius 1 is 1.44 bits per heavy atom. The van der Waals surface area contributed by atoms with Crippen LogP contribution in [0.2, 0.25) is 5.02 Å². The summed E-state index contributed by atoms with van der Waals surface area (Å²) in [5, 5.41) is 4.11. The minimum atomic E-state index is -0.512. The fraction of sp³-hybridized carbons (Fsp3) is 0. The average molecular weight is 238 g/mol. The van der Waals surface area contributed by atoms with Crippen LogP contribution in [0.4, 0.5) is 0 Å². The first-order valence-electron chi connectivity index (χ1n) is 4.45. The third kappa shape index (κ3) is 1.91. The van der Waals surface area contributed by atoms with Crippen molar-refractivity contribution in [1.82, 2.24) is 10.6 Å². The maximum Gasteiger partial charge on any atom is 0.287 e. The van der Waals surface area contributed by atoms with Gasteiger partial charge >= 0.3 is 0 Å². The zero-order valence-corrected chi connectivity index (χ0v) is 8.86. The first-order valence-corrected chi connectivity index (χ1v) is 4.82. The van der Waals surface area contributed by atoms with E-state index in [0.29, 0.717) is 16.3 Å². The van der Waals surface area contributed by atoms with Crippen LogP contribution in [0.1, 0.15) is 10.5 Å². The number of carbonyl (C=O) groups is 1. The van der Waals surface area contributed by atoms with Gasteiger partial charge in [0.1, 0.15) is 0 Å². The molecule has 0 saturated carbocycles. The summed E-state index contributed by atoms with van der Waals surface area (Å²) in [7, 11) is 0. The van der Waals surface area contributed by atoms with Gasteiger partial charge in [0, 0.05) is 11.6 Å². The van der Waals surface area contributed by atoms with E-state index in [9.17, 15) is 4.79 Å². The fourth-order valence-electron chi connectivity index (χ4n) is 1.24. The Hall–Kier alpha value is -1.85. The second-order valence-corrected chi connectivity index (χ2v) is 3.44. The van der Waals surface area contributed by atoms with Crippen molar-refractivity contribution in [3.8, 4) is 11.3 Å². The number of halogens is 1. The Kier molecular flexibility index (Phi) is 2.89. The van der Waals surface area contributed by atoms with Crippen LogP contribution in [-0.2, 0) is 0 Å². The summed E-state index contributed by atoms with van der Waals surface area (Å²) in [4.78, 5) is 11.2. The van der Waals surface area contributed by atoms with Gasteiger partial charge < -0.3 is 4.52 Å². The summed E-state index contributed by atoms with van der Waals surface area (Å²) in [5.74, 6) is 4.88. The van der Waals surface area contributed by atoms with E-state index in [-0.39, 0.29) is 5.69 Å². The van der Waals surface area contributed by atoms with Crippen LogP contribution in [0.3, 0.4) is 0 Å². The molecule has 0 fully saturated rings. The van der Waals surface area contributed by atoms with Crippen molar-refractivity contribution >= 4 is 17.5 Å². The predicted molar refractivity (Wildman–Crippen MR) is 58.6 cm³/mol. The van der Waals surface area contributed by atoms with Crippen molar-refractivity contribution < 1.29 is 9.32 Å². The molecule has 1 heterocycles. The molecular weight excluding hydrogens is 230 g/mol. The quantitative estimate of drug-likeness (QED) is 0.472. The van der Waals surface area contributed by atoms with Gasteiger partial charge in [0.15, 0.2) is 11.5 Å². The van der Waals surface area contributed by atoms with Crippen LogP contribution < -0.4 is 11.3 Å². The van der Waals surface area contributed by atoms with E-state index in [1.54, 1.807) is 18.2 Å². The van der Waals surface area contributed by atoms with Crippen molar-refractivity contribution in [3.63, 3.8) is 0 Å². The van der Waals surface area contributed by atoms with Gasteiger partial charge in [-0.1, -0.05) is 28.9 Å². The molecule has 6 heteroatoms. The van der Waals surface area contributed by atoms with E-state index in [1.807, 2.05) is 11.5 Å². The summed E-state index contributed by atoms with van der Waals surface area (Å²) in [6, 6.07) is 8.58. The fourth-order valence-corrected chi connectivity index (χ4v) is 1.47. The lowest BCUT2D eigenvalue weighted by Gasteiger charge is -1.96. The maximum absolute atomic E-state index is 11.2. The van der Waals surface area contributed by atoms with Gasteiger partial charge in [-0.05, 0) is 12.1 Å². The largest absolute Gasteiger partial charge is 0.355 e. The molecule has 1 aromatic heterocycles. The highest BCUT2D eigenvalue weighted by Crippen LogP contribution is 2.27. The number of amides is 1. The summed E-state index contributed by atoms with van der Waals surface area (Å²) >= 11 is 5.97. The van der Waals surface area contributed by atoms with Gasteiger partial charge in [-0.2, -0.15) is 0 Å². The van der Waals surface area contributed by atoms with E-state index in [0.717, 1.165) is 0 Å². The number of nitrogens with two attached hydrogens (primary N) is 1. The molecule has 0 aliphatic carbocycles. The highest BCUT2D eigenvalue weighted by atomic mass is 35.5. The molecule has 0 atom stereocenters. The lowest BCUT2D eigenvalue weighted by atomic mass is 10.1. The number of benzene rings is 1. The van der Waals surface area contributed by atoms with E-state index in [1.165, 1.54) is 6.07 Å². The molecule has 3 N–H and O–H groups in total. The first-order chi connectivity index (χ1) is 7.72. The number of hydrogen-bond donors (Lipinski definition) is 2. The third-order valence-electron chi connectivity index (χ3n) is 2.01. The molecule has 0 spiro atoms. The van der Waals surface area contributed by atoms with E-state index in [4.69, 9.17) is 22.0 Å². The van der Waals surface area contributed by atoms with Crippen LogP contribution in [0.5, 0.6) is 0 Å². The third-order valence-corrected chi connectivity index (χ3v) is 2.34. The minimum absolute atomic E-state index is 0.109. The normalized spacial score (nSPS) is 10.1. The molecule has 0 aliphatic rings. The smallest absolute Gasteiger partial charge is 0.287 e. The lowest BCUT2D eigenvalue weighted by Crippen LogP contribution is -2.30. The van der Waals surface area contributed by atoms with E-state index >= 15 is 0 Å². The Balaban J connectivity index is 2.39. The van der Waals surface area contributed by atoms with Gasteiger partial charge in [-0.15, -0.1) is 0 Å². The van der Waals surface area contributed by atoms with Gasteiger partial charge in [0.25, 0.3) is 5.91 Å². The first kappa shape index (κ1) is 10.7. The zero-order valence-electron chi connectivity index (χ0n) is 8.11. The van der Waals surface area contributed by atoms with Gasteiger partial charge in [-0.25, -0.2) is 5.84 Å². The van der Waals surface area contributed by atoms with Crippen molar-refractivity contribution in [3.05, 3.63) is 41.0 Å². The number of nitrogens with one attached hydrogen (secondary N) is 1. The Bertz CT molecular complexity index is 524. The lowest BCUT2D eigenvalue weighted by molar-refractivity contribution is 0.0944. The van der Waals surface area contributed by atoms with Gasteiger partial charge in [0.2, 0.25) is 0 Å². The number of hydrogen-bond acceptors (Lipinski definition) is 4. The number of rotatable bonds is 2. The van der Waals surface area contributed by atoms with Crippen LogP contribution in [0.15, 0.2) is 34.9 Å². The molecule has 0 bridgehead atoms. The van der Waals surface area contributed by atoms with Gasteiger partial charge in [-0.3, -0.25) is 10.2 Å². The number of aromatic nitrogens is 1. The Labute approximate surface area is 96.1 Å². The molecule has 5 nitrogen and oxygen atoms in total. The van der Waals surface area contributed by atoms with Crippen molar-refractivity contribution in [1.29, 1.82) is 0 Å². The second kappa shape index (κ2) is 4.34. The monoisotopic (exact) mass is 237 g/mol. The summed E-state index contributed by atoms with van der Waals surface area (Å²) in [5.41, 5.74) is 2.75. The number of hydrazine groups is 1. The van der Waals surface area contributed by atoms with E-state index in [2.05, 4.69) is 5.16 Å². The zero-order chi connectivity index (χ0) is 11.5. The topological polar surface area (TPSA) is 81.1 Å². The molecule has 0 unspecified atom stereocenters.